The predicted octanol–water partition coefficient (Wildman–Crippen LogP) is 7.14. The van der Waals surface area contributed by atoms with E-state index in [0.717, 1.165) is 33.4 Å². The van der Waals surface area contributed by atoms with E-state index in [-0.39, 0.29) is 6.04 Å². The number of rotatable bonds is 7. The topological polar surface area (TPSA) is 94.6 Å². The van der Waals surface area contributed by atoms with Crippen LogP contribution in [0.1, 0.15) is 45.1 Å². The minimum absolute atomic E-state index is 0.0337. The molecule has 4 aromatic rings. The monoisotopic (exact) mass is 514 g/mol. The molecule has 0 aliphatic heterocycles. The smallest absolute Gasteiger partial charge is 0.412 e. The van der Waals surface area contributed by atoms with Crippen LogP contribution in [-0.4, -0.2) is 35.9 Å². The zero-order chi connectivity index (χ0) is 27.4. The van der Waals surface area contributed by atoms with Gasteiger partial charge in [-0.25, -0.2) is 14.8 Å². The number of nitrogens with one attached hydrogen (secondary N) is 2. The quantitative estimate of drug-likeness (QED) is 0.271. The Hall–Kier alpha value is -4.33. The lowest BCUT2D eigenvalue weighted by Gasteiger charge is -2.20. The molecule has 8 nitrogen and oxygen atoms in total. The summed E-state index contributed by atoms with van der Waals surface area (Å²) >= 11 is 0. The molecule has 1 amide bonds. The summed E-state index contributed by atoms with van der Waals surface area (Å²) in [6, 6.07) is 19.7. The Bertz CT molecular complexity index is 1450. The molecule has 3 aromatic carbocycles. The van der Waals surface area contributed by atoms with Crippen molar-refractivity contribution in [3.63, 3.8) is 0 Å². The first-order chi connectivity index (χ1) is 18.1. The summed E-state index contributed by atoms with van der Waals surface area (Å²) in [7, 11) is 3.22. The standard InChI is InChI=1S/C30H34N4O4/c1-18(31-28-24-16-26(36-6)27(37-7)17-25(24)32-19(2)33-28)21-9-8-10-22(15-21)20-11-13-23(14-12-20)34-29(35)38-30(3,4)5/h8-18H,1-7H3,(H,34,35)(H,31,32,33)/t18-/m1/s1. The molecule has 0 aliphatic rings. The van der Waals surface area contributed by atoms with Crippen molar-refractivity contribution in [2.75, 3.05) is 24.9 Å². The van der Waals surface area contributed by atoms with Gasteiger partial charge in [-0.15, -0.1) is 0 Å². The second kappa shape index (κ2) is 11.0. The molecule has 8 heteroatoms. The van der Waals surface area contributed by atoms with Crippen LogP contribution in [0, 0.1) is 6.92 Å². The van der Waals surface area contributed by atoms with Gasteiger partial charge >= 0.3 is 6.09 Å². The van der Waals surface area contributed by atoms with E-state index >= 15 is 0 Å². The molecule has 0 aliphatic carbocycles. The fraction of sp³-hybridized carbons (Fsp3) is 0.300. The first-order valence-corrected chi connectivity index (χ1v) is 12.4. The molecule has 2 N–H and O–H groups in total. The van der Waals surface area contributed by atoms with Crippen LogP contribution in [0.3, 0.4) is 0 Å². The molecule has 198 valence electrons. The number of hydrogen-bond donors (Lipinski definition) is 2. The fourth-order valence-corrected chi connectivity index (χ4v) is 4.13. The number of anilines is 2. The normalized spacial score (nSPS) is 12.1. The zero-order valence-corrected chi connectivity index (χ0v) is 22.9. The van der Waals surface area contributed by atoms with Crippen LogP contribution in [0.5, 0.6) is 11.5 Å². The first-order valence-electron chi connectivity index (χ1n) is 12.4. The predicted molar refractivity (Wildman–Crippen MR) is 151 cm³/mol. The number of carbonyl (C=O) groups excluding carboxylic acids is 1. The van der Waals surface area contributed by atoms with Crippen LogP contribution in [0.4, 0.5) is 16.3 Å². The third kappa shape index (κ3) is 6.32. The van der Waals surface area contributed by atoms with Gasteiger partial charge in [0.2, 0.25) is 0 Å². The molecule has 1 aromatic heterocycles. The number of carbonyl (C=O) groups is 1. The minimum Gasteiger partial charge on any atom is -0.493 e. The Morgan fingerprint density at radius 3 is 2.24 bits per heavy atom. The Morgan fingerprint density at radius 1 is 0.895 bits per heavy atom. The van der Waals surface area contributed by atoms with Gasteiger partial charge in [-0.1, -0.05) is 30.3 Å². The SMILES string of the molecule is COc1cc2nc(C)nc(N[C@H](C)c3cccc(-c4ccc(NC(=O)OC(C)(C)C)cc4)c3)c2cc1OC. The number of amides is 1. The molecule has 0 radical (unpaired) electrons. The first kappa shape index (κ1) is 26.7. The third-order valence-corrected chi connectivity index (χ3v) is 5.92. The Labute approximate surface area is 223 Å². The van der Waals surface area contributed by atoms with Crippen LogP contribution >= 0.6 is 0 Å². The van der Waals surface area contributed by atoms with E-state index in [1.165, 1.54) is 0 Å². The van der Waals surface area contributed by atoms with Crippen molar-refractivity contribution in [2.45, 2.75) is 46.3 Å². The van der Waals surface area contributed by atoms with E-state index in [1.807, 2.05) is 70.2 Å². The van der Waals surface area contributed by atoms with Gasteiger partial charge < -0.3 is 19.5 Å². The molecular weight excluding hydrogens is 480 g/mol. The molecule has 0 saturated carbocycles. The molecule has 1 atom stereocenters. The Kier molecular flexibility index (Phi) is 7.71. The van der Waals surface area contributed by atoms with Crippen molar-refractivity contribution in [1.29, 1.82) is 0 Å². The van der Waals surface area contributed by atoms with Crippen LogP contribution < -0.4 is 20.1 Å². The average Bonchev–Trinajstić information content (AvgIpc) is 2.87. The van der Waals surface area contributed by atoms with E-state index in [2.05, 4.69) is 45.7 Å². The second-order valence-electron chi connectivity index (χ2n) is 10.0. The van der Waals surface area contributed by atoms with Crippen molar-refractivity contribution >= 4 is 28.5 Å². The number of benzene rings is 3. The van der Waals surface area contributed by atoms with Crippen LogP contribution in [-0.2, 0) is 4.74 Å². The molecular formula is C30H34N4O4. The molecule has 4 rings (SSSR count). The van der Waals surface area contributed by atoms with Gasteiger partial charge in [-0.3, -0.25) is 5.32 Å². The van der Waals surface area contributed by atoms with E-state index < -0.39 is 11.7 Å². The second-order valence-corrected chi connectivity index (χ2v) is 10.0. The summed E-state index contributed by atoms with van der Waals surface area (Å²) in [5.74, 6) is 2.63. The van der Waals surface area contributed by atoms with Crippen molar-refractivity contribution < 1.29 is 19.0 Å². The molecule has 0 unspecified atom stereocenters. The molecule has 0 saturated heterocycles. The van der Waals surface area contributed by atoms with Crippen molar-refractivity contribution in [2.24, 2.45) is 0 Å². The van der Waals surface area contributed by atoms with Gasteiger partial charge in [0.25, 0.3) is 0 Å². The van der Waals surface area contributed by atoms with Crippen molar-refractivity contribution in [3.8, 4) is 22.6 Å². The summed E-state index contributed by atoms with van der Waals surface area (Å²) in [5.41, 5.74) is 4.10. The number of aromatic nitrogens is 2. The number of aryl methyl sites for hydroxylation is 1. The molecule has 0 fully saturated rings. The van der Waals surface area contributed by atoms with Crippen LogP contribution in [0.2, 0.25) is 0 Å². The lowest BCUT2D eigenvalue weighted by molar-refractivity contribution is 0.0636. The maximum atomic E-state index is 12.1. The summed E-state index contributed by atoms with van der Waals surface area (Å²) in [4.78, 5) is 21.3. The van der Waals surface area contributed by atoms with Crippen molar-refractivity contribution in [1.82, 2.24) is 9.97 Å². The average molecular weight is 515 g/mol. The van der Waals surface area contributed by atoms with Gasteiger partial charge in [-0.2, -0.15) is 0 Å². The number of hydrogen-bond acceptors (Lipinski definition) is 7. The number of nitrogens with zero attached hydrogens (tertiary/aromatic N) is 2. The molecule has 1 heterocycles. The summed E-state index contributed by atoms with van der Waals surface area (Å²) in [6.07, 6.45) is -0.476. The fourth-order valence-electron chi connectivity index (χ4n) is 4.13. The van der Waals surface area contributed by atoms with E-state index in [9.17, 15) is 4.79 Å². The van der Waals surface area contributed by atoms with E-state index in [1.54, 1.807) is 14.2 Å². The lowest BCUT2D eigenvalue weighted by Crippen LogP contribution is -2.27. The highest BCUT2D eigenvalue weighted by Gasteiger charge is 2.17. The van der Waals surface area contributed by atoms with E-state index in [4.69, 9.17) is 14.2 Å². The maximum absolute atomic E-state index is 12.1. The van der Waals surface area contributed by atoms with E-state index in [0.29, 0.717) is 23.0 Å². The molecule has 38 heavy (non-hydrogen) atoms. The summed E-state index contributed by atoms with van der Waals surface area (Å²) in [5, 5.41) is 7.17. The third-order valence-electron chi connectivity index (χ3n) is 5.92. The van der Waals surface area contributed by atoms with Gasteiger partial charge in [0.05, 0.1) is 19.7 Å². The number of ether oxygens (including phenoxy) is 3. The highest BCUT2D eigenvalue weighted by molar-refractivity contribution is 5.92. The zero-order valence-electron chi connectivity index (χ0n) is 22.9. The Morgan fingerprint density at radius 2 is 1.58 bits per heavy atom. The van der Waals surface area contributed by atoms with Gasteiger partial charge in [0.1, 0.15) is 17.2 Å². The highest BCUT2D eigenvalue weighted by Crippen LogP contribution is 2.35. The lowest BCUT2D eigenvalue weighted by atomic mass is 10.00. The minimum atomic E-state index is -0.551. The number of fused-ring (bicyclic) bond motifs is 1. The highest BCUT2D eigenvalue weighted by atomic mass is 16.6. The van der Waals surface area contributed by atoms with Gasteiger partial charge in [-0.05, 0) is 75.6 Å². The number of methoxy groups -OCH3 is 2. The van der Waals surface area contributed by atoms with Crippen LogP contribution in [0.25, 0.3) is 22.0 Å². The Balaban J connectivity index is 1.55. The maximum Gasteiger partial charge on any atom is 0.412 e. The van der Waals surface area contributed by atoms with Gasteiger partial charge in [0, 0.05) is 23.2 Å². The largest absolute Gasteiger partial charge is 0.493 e. The van der Waals surface area contributed by atoms with Gasteiger partial charge in [0.15, 0.2) is 11.5 Å². The summed E-state index contributed by atoms with van der Waals surface area (Å²) < 4.78 is 16.3. The summed E-state index contributed by atoms with van der Waals surface area (Å²) in [6.45, 7) is 9.47. The van der Waals surface area contributed by atoms with Crippen LogP contribution in [0.15, 0.2) is 60.7 Å². The molecule has 0 bridgehead atoms. The van der Waals surface area contributed by atoms with Crippen molar-refractivity contribution in [3.05, 3.63) is 72.1 Å². The molecule has 0 spiro atoms.